The van der Waals surface area contributed by atoms with E-state index in [0.717, 1.165) is 44.9 Å². The summed E-state index contributed by atoms with van der Waals surface area (Å²) in [7, 11) is 0. The third-order valence-corrected chi connectivity index (χ3v) is 5.96. The molecule has 0 bridgehead atoms. The highest BCUT2D eigenvalue weighted by atomic mass is 32.1. The van der Waals surface area contributed by atoms with E-state index in [9.17, 15) is 9.59 Å². The van der Waals surface area contributed by atoms with Gasteiger partial charge in [-0.25, -0.2) is 4.98 Å². The van der Waals surface area contributed by atoms with E-state index >= 15 is 0 Å². The molecule has 3 rings (SSSR count). The first-order valence-corrected chi connectivity index (χ1v) is 9.56. The van der Waals surface area contributed by atoms with Gasteiger partial charge in [0, 0.05) is 18.1 Å². The molecule has 23 heavy (non-hydrogen) atoms. The van der Waals surface area contributed by atoms with Crippen LogP contribution in [0.1, 0.15) is 61.2 Å². The molecule has 0 aromatic carbocycles. The van der Waals surface area contributed by atoms with Gasteiger partial charge in [0.2, 0.25) is 11.7 Å². The van der Waals surface area contributed by atoms with Gasteiger partial charge in [0.1, 0.15) is 0 Å². The predicted molar refractivity (Wildman–Crippen MR) is 90.3 cm³/mol. The van der Waals surface area contributed by atoms with Crippen molar-refractivity contribution in [1.82, 2.24) is 9.88 Å². The molecule has 1 amide bonds. The van der Waals surface area contributed by atoms with Gasteiger partial charge in [-0.15, -0.1) is 11.3 Å². The second kappa shape index (κ2) is 7.53. The molecule has 1 aromatic rings. The lowest BCUT2D eigenvalue weighted by Gasteiger charge is -2.38. The maximum Gasteiger partial charge on any atom is 0.240 e. The lowest BCUT2D eigenvalue weighted by Crippen LogP contribution is -2.55. The average molecular weight is 335 g/mol. The van der Waals surface area contributed by atoms with Crippen LogP contribution in [0.3, 0.4) is 0 Å². The Balaban J connectivity index is 1.72. The Bertz CT molecular complexity index is 540. The van der Waals surface area contributed by atoms with Gasteiger partial charge < -0.3 is 10.6 Å². The fraction of sp³-hybridized carbons (Fsp3) is 0.706. The molecule has 0 spiro atoms. The lowest BCUT2D eigenvalue weighted by molar-refractivity contribution is -0.136. The molecular weight excluding hydrogens is 310 g/mol. The van der Waals surface area contributed by atoms with Gasteiger partial charge in [-0.05, 0) is 38.0 Å². The molecule has 2 atom stereocenters. The first-order chi connectivity index (χ1) is 11.2. The summed E-state index contributed by atoms with van der Waals surface area (Å²) in [4.78, 5) is 31.5. The van der Waals surface area contributed by atoms with Gasteiger partial charge in [-0.1, -0.05) is 19.3 Å². The molecular formula is C17H25N3O2S. The van der Waals surface area contributed by atoms with E-state index in [1.54, 1.807) is 16.5 Å². The van der Waals surface area contributed by atoms with Crippen LogP contribution in [0.5, 0.6) is 0 Å². The number of carbonyl (C=O) groups excluding carboxylic acids is 2. The first-order valence-electron chi connectivity index (χ1n) is 8.68. The van der Waals surface area contributed by atoms with Crippen molar-refractivity contribution in [3.8, 4) is 0 Å². The molecule has 1 aromatic heterocycles. The third-order valence-electron chi connectivity index (χ3n) is 5.17. The van der Waals surface area contributed by atoms with Crippen molar-refractivity contribution in [2.24, 2.45) is 11.7 Å². The van der Waals surface area contributed by atoms with Gasteiger partial charge in [-0.2, -0.15) is 0 Å². The molecule has 2 heterocycles. The van der Waals surface area contributed by atoms with Crippen LogP contribution in [-0.2, 0) is 4.79 Å². The van der Waals surface area contributed by atoms with Gasteiger partial charge in [-0.3, -0.25) is 9.59 Å². The molecule has 2 N–H and O–H groups in total. The number of amides is 1. The average Bonchev–Trinajstić information content (AvgIpc) is 3.15. The van der Waals surface area contributed by atoms with Crippen molar-refractivity contribution in [3.63, 3.8) is 0 Å². The number of rotatable bonds is 4. The summed E-state index contributed by atoms with van der Waals surface area (Å²) in [5.41, 5.74) is 6.29. The third kappa shape index (κ3) is 3.63. The van der Waals surface area contributed by atoms with Crippen LogP contribution in [0.4, 0.5) is 0 Å². The van der Waals surface area contributed by atoms with E-state index in [2.05, 4.69) is 4.98 Å². The normalized spacial score (nSPS) is 24.4. The fourth-order valence-electron chi connectivity index (χ4n) is 3.84. The van der Waals surface area contributed by atoms with E-state index in [1.807, 2.05) is 0 Å². The number of nitrogens with zero attached hydrogens (tertiary/aromatic N) is 2. The monoisotopic (exact) mass is 335 g/mol. The SMILES string of the molecule is N[C@@H](C(=O)N1CCCC[C@@H]1C(=O)c1nccs1)C1CCCCC1. The molecule has 2 fully saturated rings. The van der Waals surface area contributed by atoms with Gasteiger partial charge in [0.05, 0.1) is 12.1 Å². The highest BCUT2D eigenvalue weighted by molar-refractivity contribution is 7.11. The van der Waals surface area contributed by atoms with Crippen LogP contribution in [0.25, 0.3) is 0 Å². The summed E-state index contributed by atoms with van der Waals surface area (Å²) in [6, 6.07) is -0.836. The largest absolute Gasteiger partial charge is 0.331 e. The molecule has 6 heteroatoms. The highest BCUT2D eigenvalue weighted by Gasteiger charge is 2.37. The quantitative estimate of drug-likeness (QED) is 0.858. The topological polar surface area (TPSA) is 76.3 Å². The number of hydrogen-bond acceptors (Lipinski definition) is 5. The molecule has 126 valence electrons. The van der Waals surface area contributed by atoms with Gasteiger partial charge >= 0.3 is 0 Å². The molecule has 1 aliphatic heterocycles. The van der Waals surface area contributed by atoms with E-state index in [1.165, 1.54) is 17.8 Å². The Labute approximate surface area is 141 Å². The maximum atomic E-state index is 12.9. The van der Waals surface area contributed by atoms with Crippen molar-refractivity contribution in [3.05, 3.63) is 16.6 Å². The number of ketones is 1. The number of Topliss-reactive ketones (excluding diaryl/α,β-unsaturated/α-hetero) is 1. The summed E-state index contributed by atoms with van der Waals surface area (Å²) in [5.74, 6) is 0.212. The summed E-state index contributed by atoms with van der Waals surface area (Å²) < 4.78 is 0. The Morgan fingerprint density at radius 2 is 1.91 bits per heavy atom. The van der Waals surface area contributed by atoms with Crippen molar-refractivity contribution in [1.29, 1.82) is 0 Å². The Hall–Kier alpha value is -1.27. The van der Waals surface area contributed by atoms with Crippen molar-refractivity contribution in [2.75, 3.05) is 6.54 Å². The Kier molecular flexibility index (Phi) is 5.43. The van der Waals surface area contributed by atoms with Gasteiger partial charge in [0.25, 0.3) is 0 Å². The molecule has 0 unspecified atom stereocenters. The van der Waals surface area contributed by atoms with Crippen molar-refractivity contribution >= 4 is 23.0 Å². The van der Waals surface area contributed by atoms with Crippen LogP contribution in [-0.4, -0.2) is 40.2 Å². The van der Waals surface area contributed by atoms with Crippen LogP contribution in [0.2, 0.25) is 0 Å². The molecule has 1 saturated carbocycles. The minimum absolute atomic E-state index is 0.0242. The molecule has 0 radical (unpaired) electrons. The summed E-state index contributed by atoms with van der Waals surface area (Å²) in [6.07, 6.45) is 9.92. The standard InChI is InChI=1S/C17H25N3O2S/c18-14(12-6-2-1-3-7-12)17(22)20-10-5-4-8-13(20)15(21)16-19-9-11-23-16/h9,11-14H,1-8,10,18H2/t13-,14-/m1/s1. The predicted octanol–water partition coefficient (Wildman–Crippen LogP) is 2.61. The highest BCUT2D eigenvalue weighted by Crippen LogP contribution is 2.28. The smallest absolute Gasteiger partial charge is 0.240 e. The zero-order valence-corrected chi connectivity index (χ0v) is 14.3. The molecule has 2 aliphatic rings. The zero-order valence-electron chi connectivity index (χ0n) is 13.4. The van der Waals surface area contributed by atoms with Crippen LogP contribution >= 0.6 is 11.3 Å². The number of likely N-dealkylation sites (tertiary alicyclic amines) is 1. The van der Waals surface area contributed by atoms with Crippen molar-refractivity contribution < 1.29 is 9.59 Å². The van der Waals surface area contributed by atoms with E-state index in [0.29, 0.717) is 11.6 Å². The minimum Gasteiger partial charge on any atom is -0.331 e. The number of hydrogen-bond donors (Lipinski definition) is 1. The number of aromatic nitrogens is 1. The Morgan fingerprint density at radius 3 is 2.61 bits per heavy atom. The fourth-order valence-corrected chi connectivity index (χ4v) is 4.47. The maximum absolute atomic E-state index is 12.9. The number of thiazole rings is 1. The Morgan fingerprint density at radius 1 is 1.17 bits per heavy atom. The summed E-state index contributed by atoms with van der Waals surface area (Å²) in [6.45, 7) is 0.640. The molecule has 1 aliphatic carbocycles. The van der Waals surface area contributed by atoms with E-state index in [4.69, 9.17) is 5.73 Å². The second-order valence-electron chi connectivity index (χ2n) is 6.67. The lowest BCUT2D eigenvalue weighted by atomic mass is 9.83. The van der Waals surface area contributed by atoms with Crippen LogP contribution in [0.15, 0.2) is 11.6 Å². The first kappa shape index (κ1) is 16.6. The van der Waals surface area contributed by atoms with Gasteiger partial charge in [0.15, 0.2) is 5.01 Å². The molecule has 5 nitrogen and oxygen atoms in total. The number of carbonyl (C=O) groups is 2. The van der Waals surface area contributed by atoms with E-state index < -0.39 is 6.04 Å². The summed E-state index contributed by atoms with van der Waals surface area (Å²) >= 11 is 1.35. The minimum atomic E-state index is -0.458. The van der Waals surface area contributed by atoms with Crippen LogP contribution in [0, 0.1) is 5.92 Å². The van der Waals surface area contributed by atoms with Crippen LogP contribution < -0.4 is 5.73 Å². The van der Waals surface area contributed by atoms with E-state index in [-0.39, 0.29) is 23.7 Å². The van der Waals surface area contributed by atoms with Crippen molar-refractivity contribution in [2.45, 2.75) is 63.5 Å². The molecule has 1 saturated heterocycles. The zero-order chi connectivity index (χ0) is 16.2. The number of nitrogens with two attached hydrogens (primary N) is 1. The number of piperidine rings is 1. The summed E-state index contributed by atoms with van der Waals surface area (Å²) in [5, 5.41) is 2.30. The second-order valence-corrected chi connectivity index (χ2v) is 7.56.